The number of aryl methyl sites for hydroxylation is 1. The highest BCUT2D eigenvalue weighted by atomic mass is 19.1. The Hall–Kier alpha value is -2.56. The van der Waals surface area contributed by atoms with Crippen molar-refractivity contribution in [1.82, 2.24) is 0 Å². The van der Waals surface area contributed by atoms with Crippen molar-refractivity contribution in [3.63, 3.8) is 0 Å². The van der Waals surface area contributed by atoms with E-state index in [1.165, 1.54) is 6.07 Å². The minimum atomic E-state index is -1.20. The monoisotopic (exact) mass is 346 g/mol. The summed E-state index contributed by atoms with van der Waals surface area (Å²) in [5.74, 6) is -0.638. The first-order valence-corrected chi connectivity index (χ1v) is 8.14. The second kappa shape index (κ2) is 7.55. The van der Waals surface area contributed by atoms with Gasteiger partial charge in [0.2, 0.25) is 0 Å². The molecule has 0 saturated heterocycles. The molecule has 0 fully saturated rings. The summed E-state index contributed by atoms with van der Waals surface area (Å²) >= 11 is 0. The van der Waals surface area contributed by atoms with Crippen LogP contribution in [0.4, 0.5) is 20.2 Å². The fourth-order valence-corrected chi connectivity index (χ4v) is 2.52. The zero-order valence-corrected chi connectivity index (χ0v) is 14.8. The molecule has 0 amide bonds. The molecule has 2 rings (SSSR count). The maximum atomic E-state index is 14.1. The number of alkyl halides is 1. The lowest BCUT2D eigenvalue weighted by Gasteiger charge is -2.16. The van der Waals surface area contributed by atoms with E-state index in [1.54, 1.807) is 20.8 Å². The number of phenols is 1. The molecule has 0 radical (unpaired) electrons. The maximum absolute atomic E-state index is 14.1. The highest BCUT2D eigenvalue weighted by Crippen LogP contribution is 2.27. The number of benzene rings is 2. The molecule has 3 nitrogen and oxygen atoms in total. The molecule has 5 heteroatoms. The second-order valence-corrected chi connectivity index (χ2v) is 6.70. The van der Waals surface area contributed by atoms with E-state index in [0.29, 0.717) is 29.8 Å². The SMILES string of the molecule is C=C(Nc1ccc(NCCC(C)(C)F)cc1)c1c(C)cc(O)cc1F. The molecule has 2 aromatic carbocycles. The van der Waals surface area contributed by atoms with E-state index < -0.39 is 11.5 Å². The van der Waals surface area contributed by atoms with Gasteiger partial charge in [-0.2, -0.15) is 0 Å². The van der Waals surface area contributed by atoms with E-state index in [1.807, 2.05) is 24.3 Å². The summed E-state index contributed by atoms with van der Waals surface area (Å²) in [5.41, 5.74) is 1.79. The van der Waals surface area contributed by atoms with Crippen molar-refractivity contribution in [2.75, 3.05) is 17.2 Å². The summed E-state index contributed by atoms with van der Waals surface area (Å²) in [6, 6.07) is 9.95. The lowest BCUT2D eigenvalue weighted by atomic mass is 10.0. The van der Waals surface area contributed by atoms with E-state index >= 15 is 0 Å². The van der Waals surface area contributed by atoms with Crippen LogP contribution in [0.15, 0.2) is 43.0 Å². The number of rotatable bonds is 7. The summed E-state index contributed by atoms with van der Waals surface area (Å²) in [5, 5.41) is 15.6. The number of aromatic hydroxyl groups is 1. The van der Waals surface area contributed by atoms with Gasteiger partial charge in [0.25, 0.3) is 0 Å². The Morgan fingerprint density at radius 3 is 2.32 bits per heavy atom. The summed E-state index contributed by atoms with van der Waals surface area (Å²) in [6.07, 6.45) is 0.420. The molecule has 0 spiro atoms. The van der Waals surface area contributed by atoms with Gasteiger partial charge in [-0.1, -0.05) is 6.58 Å². The molecule has 0 aliphatic heterocycles. The third-order valence-corrected chi connectivity index (χ3v) is 3.80. The average Bonchev–Trinajstić information content (AvgIpc) is 2.46. The van der Waals surface area contributed by atoms with Crippen molar-refractivity contribution < 1.29 is 13.9 Å². The highest BCUT2D eigenvalue weighted by molar-refractivity contribution is 5.78. The number of hydrogen-bond acceptors (Lipinski definition) is 3. The first-order valence-electron chi connectivity index (χ1n) is 8.14. The zero-order valence-electron chi connectivity index (χ0n) is 14.8. The van der Waals surface area contributed by atoms with Crippen LogP contribution in [-0.2, 0) is 0 Å². The molecule has 25 heavy (non-hydrogen) atoms. The molecule has 0 aliphatic rings. The molecule has 3 N–H and O–H groups in total. The summed E-state index contributed by atoms with van der Waals surface area (Å²) in [6.45, 7) is 9.24. The smallest absolute Gasteiger partial charge is 0.136 e. The molecule has 134 valence electrons. The van der Waals surface area contributed by atoms with Gasteiger partial charge in [-0.3, -0.25) is 0 Å². The van der Waals surface area contributed by atoms with E-state index in [-0.39, 0.29) is 5.75 Å². The summed E-state index contributed by atoms with van der Waals surface area (Å²) < 4.78 is 27.5. The molecule has 0 unspecified atom stereocenters. The largest absolute Gasteiger partial charge is 0.508 e. The number of phenolic OH excluding ortho intramolecular Hbond substituents is 1. The number of nitrogens with one attached hydrogen (secondary N) is 2. The zero-order chi connectivity index (χ0) is 18.6. The first-order chi connectivity index (χ1) is 11.7. The lowest BCUT2D eigenvalue weighted by molar-refractivity contribution is 0.207. The lowest BCUT2D eigenvalue weighted by Crippen LogP contribution is -2.17. The van der Waals surface area contributed by atoms with Gasteiger partial charge in [0.15, 0.2) is 0 Å². The van der Waals surface area contributed by atoms with E-state index in [2.05, 4.69) is 17.2 Å². The van der Waals surface area contributed by atoms with Crippen LogP contribution in [0.1, 0.15) is 31.4 Å². The van der Waals surface area contributed by atoms with Gasteiger partial charge < -0.3 is 15.7 Å². The van der Waals surface area contributed by atoms with Crippen LogP contribution >= 0.6 is 0 Å². The Morgan fingerprint density at radius 2 is 1.76 bits per heavy atom. The first kappa shape index (κ1) is 18.8. The molecule has 0 heterocycles. The third-order valence-electron chi connectivity index (χ3n) is 3.80. The van der Waals surface area contributed by atoms with E-state index in [0.717, 1.165) is 17.4 Å². The van der Waals surface area contributed by atoms with Crippen LogP contribution in [0.25, 0.3) is 5.70 Å². The number of hydrogen-bond donors (Lipinski definition) is 3. The summed E-state index contributed by atoms with van der Waals surface area (Å²) in [7, 11) is 0. The molecular weight excluding hydrogens is 322 g/mol. The highest BCUT2D eigenvalue weighted by Gasteiger charge is 2.14. The topological polar surface area (TPSA) is 44.3 Å². The molecular formula is C20H24F2N2O. The van der Waals surface area contributed by atoms with Crippen LogP contribution in [0.3, 0.4) is 0 Å². The Bertz CT molecular complexity index is 726. The molecule has 2 aromatic rings. The molecule has 0 bridgehead atoms. The van der Waals surface area contributed by atoms with Crippen LogP contribution in [0.5, 0.6) is 5.75 Å². The fraction of sp³-hybridized carbons (Fsp3) is 0.300. The van der Waals surface area contributed by atoms with Crippen molar-refractivity contribution in [2.24, 2.45) is 0 Å². The van der Waals surface area contributed by atoms with E-state index in [9.17, 15) is 13.9 Å². The van der Waals surface area contributed by atoms with Crippen molar-refractivity contribution >= 4 is 17.1 Å². The molecule has 0 aromatic heterocycles. The predicted molar refractivity (Wildman–Crippen MR) is 100 cm³/mol. The van der Waals surface area contributed by atoms with Gasteiger partial charge in [-0.05, 0) is 63.1 Å². The van der Waals surface area contributed by atoms with Crippen LogP contribution in [-0.4, -0.2) is 17.3 Å². The Kier molecular flexibility index (Phi) is 5.67. The van der Waals surface area contributed by atoms with Crippen molar-refractivity contribution in [3.05, 3.63) is 59.9 Å². The van der Waals surface area contributed by atoms with Crippen molar-refractivity contribution in [3.8, 4) is 5.75 Å². The Labute approximate surface area is 147 Å². The van der Waals surface area contributed by atoms with Crippen LogP contribution in [0.2, 0.25) is 0 Å². The molecule has 0 aliphatic carbocycles. The third kappa shape index (κ3) is 5.48. The number of halogens is 2. The quantitative estimate of drug-likeness (QED) is 0.623. The van der Waals surface area contributed by atoms with Gasteiger partial charge >= 0.3 is 0 Å². The minimum absolute atomic E-state index is 0.113. The van der Waals surface area contributed by atoms with Crippen LogP contribution in [0, 0.1) is 12.7 Å². The summed E-state index contributed by atoms with van der Waals surface area (Å²) in [4.78, 5) is 0. The number of anilines is 2. The minimum Gasteiger partial charge on any atom is -0.508 e. The van der Waals surface area contributed by atoms with Gasteiger partial charge in [0.05, 0.1) is 0 Å². The van der Waals surface area contributed by atoms with Crippen LogP contribution < -0.4 is 10.6 Å². The second-order valence-electron chi connectivity index (χ2n) is 6.70. The van der Waals surface area contributed by atoms with Gasteiger partial charge in [-0.25, -0.2) is 8.78 Å². The molecule has 0 atom stereocenters. The molecule has 0 saturated carbocycles. The van der Waals surface area contributed by atoms with Crippen molar-refractivity contribution in [1.29, 1.82) is 0 Å². The van der Waals surface area contributed by atoms with Gasteiger partial charge in [-0.15, -0.1) is 0 Å². The Morgan fingerprint density at radius 1 is 1.16 bits per heavy atom. The van der Waals surface area contributed by atoms with Gasteiger partial charge in [0, 0.05) is 35.2 Å². The van der Waals surface area contributed by atoms with Gasteiger partial charge in [0.1, 0.15) is 17.2 Å². The normalized spacial score (nSPS) is 11.2. The average molecular weight is 346 g/mol. The fourth-order valence-electron chi connectivity index (χ4n) is 2.52. The van der Waals surface area contributed by atoms with Crippen molar-refractivity contribution in [2.45, 2.75) is 32.9 Å². The van der Waals surface area contributed by atoms with E-state index in [4.69, 9.17) is 0 Å². The Balaban J connectivity index is 2.00. The maximum Gasteiger partial charge on any atom is 0.136 e. The predicted octanol–water partition coefficient (Wildman–Crippen LogP) is 5.47. The standard InChI is InChI=1S/C20H24F2N2O/c1-13-11-17(25)12-18(21)19(13)14(2)24-16-7-5-15(6-8-16)23-10-9-20(3,4)22/h5-8,11-12,23-25H,2,9-10H2,1,3-4H3.